The highest BCUT2D eigenvalue weighted by molar-refractivity contribution is 5.96. The Bertz CT molecular complexity index is 400. The molecule has 0 aromatic carbocycles. The van der Waals surface area contributed by atoms with E-state index in [4.69, 9.17) is 0 Å². The number of nitrogens with one attached hydrogen (secondary N) is 1. The summed E-state index contributed by atoms with van der Waals surface area (Å²) in [5, 5.41) is 2.57. The van der Waals surface area contributed by atoms with Crippen molar-refractivity contribution in [2.75, 3.05) is 6.54 Å². The van der Waals surface area contributed by atoms with E-state index in [0.29, 0.717) is 5.69 Å². The molecule has 0 aliphatic rings. The zero-order valence-corrected chi connectivity index (χ0v) is 9.78. The Labute approximate surface area is 95.1 Å². The quantitative estimate of drug-likeness (QED) is 0.833. The molecule has 1 amide bonds. The van der Waals surface area contributed by atoms with E-state index in [1.165, 1.54) is 0 Å². The first-order valence-corrected chi connectivity index (χ1v) is 5.25. The number of rotatable bonds is 4. The average Bonchev–Trinajstić information content (AvgIpc) is 2.25. The van der Waals surface area contributed by atoms with Crippen LogP contribution in [0.25, 0.3) is 0 Å². The minimum absolute atomic E-state index is 0.0157. The van der Waals surface area contributed by atoms with Crippen LogP contribution in [-0.2, 0) is 4.79 Å². The van der Waals surface area contributed by atoms with Gasteiger partial charge in [0.2, 0.25) is 0 Å². The van der Waals surface area contributed by atoms with E-state index in [9.17, 15) is 9.59 Å². The number of hydrogen-bond acceptors (Lipinski definition) is 3. The van der Waals surface area contributed by atoms with Crippen LogP contribution in [0.2, 0.25) is 0 Å². The van der Waals surface area contributed by atoms with E-state index < -0.39 is 0 Å². The normalized spacial score (nSPS) is 10.2. The largest absolute Gasteiger partial charge is 0.344 e. The average molecular weight is 220 g/mol. The van der Waals surface area contributed by atoms with E-state index in [2.05, 4.69) is 10.3 Å². The number of carbonyl (C=O) groups excluding carboxylic acids is 2. The predicted molar refractivity (Wildman–Crippen MR) is 61.2 cm³/mol. The van der Waals surface area contributed by atoms with Gasteiger partial charge in [-0.05, 0) is 18.6 Å². The van der Waals surface area contributed by atoms with Gasteiger partial charge in [0.15, 0.2) is 5.78 Å². The van der Waals surface area contributed by atoms with Crippen molar-refractivity contribution in [2.45, 2.75) is 20.8 Å². The van der Waals surface area contributed by atoms with E-state index in [0.717, 1.165) is 5.56 Å². The van der Waals surface area contributed by atoms with E-state index in [1.54, 1.807) is 26.1 Å². The molecule has 0 bridgehead atoms. The first-order chi connectivity index (χ1) is 7.52. The molecule has 4 nitrogen and oxygen atoms in total. The first kappa shape index (κ1) is 12.4. The number of Topliss-reactive ketones (excluding diaryl/α,β-unsaturated/α-hetero) is 1. The summed E-state index contributed by atoms with van der Waals surface area (Å²) in [6, 6.07) is 3.58. The molecule has 0 unspecified atom stereocenters. The number of ketones is 1. The van der Waals surface area contributed by atoms with Crippen molar-refractivity contribution >= 4 is 11.7 Å². The van der Waals surface area contributed by atoms with Crippen LogP contribution in [0, 0.1) is 12.8 Å². The fraction of sp³-hybridized carbons (Fsp3) is 0.417. The zero-order valence-electron chi connectivity index (χ0n) is 9.78. The third-order valence-corrected chi connectivity index (χ3v) is 2.29. The third-order valence-electron chi connectivity index (χ3n) is 2.29. The van der Waals surface area contributed by atoms with Crippen molar-refractivity contribution in [1.82, 2.24) is 10.3 Å². The van der Waals surface area contributed by atoms with Gasteiger partial charge in [-0.15, -0.1) is 0 Å². The lowest BCUT2D eigenvalue weighted by Gasteiger charge is -2.07. The third kappa shape index (κ3) is 3.15. The van der Waals surface area contributed by atoms with Gasteiger partial charge in [-0.3, -0.25) is 14.6 Å². The van der Waals surface area contributed by atoms with Crippen LogP contribution >= 0.6 is 0 Å². The second-order valence-corrected chi connectivity index (χ2v) is 3.97. The van der Waals surface area contributed by atoms with E-state index >= 15 is 0 Å². The Morgan fingerprint density at radius 2 is 2.12 bits per heavy atom. The van der Waals surface area contributed by atoms with Gasteiger partial charge >= 0.3 is 0 Å². The summed E-state index contributed by atoms with van der Waals surface area (Å²) in [6.07, 6.45) is 1.56. The van der Waals surface area contributed by atoms with Gasteiger partial charge in [0.05, 0.1) is 6.54 Å². The predicted octanol–water partition coefficient (Wildman–Crippen LogP) is 1.34. The van der Waals surface area contributed by atoms with Crippen molar-refractivity contribution < 1.29 is 9.59 Å². The molecule has 4 heteroatoms. The molecular weight excluding hydrogens is 204 g/mol. The highest BCUT2D eigenvalue weighted by Gasteiger charge is 2.12. The van der Waals surface area contributed by atoms with Crippen molar-refractivity contribution in [2.24, 2.45) is 5.92 Å². The molecule has 1 rings (SSSR count). The Hall–Kier alpha value is -1.71. The molecule has 0 saturated heterocycles. The van der Waals surface area contributed by atoms with Crippen LogP contribution in [0.4, 0.5) is 0 Å². The number of aryl methyl sites for hydroxylation is 1. The maximum Gasteiger partial charge on any atom is 0.270 e. The van der Waals surface area contributed by atoms with Gasteiger partial charge in [0, 0.05) is 12.1 Å². The highest BCUT2D eigenvalue weighted by atomic mass is 16.2. The molecule has 16 heavy (non-hydrogen) atoms. The Kier molecular flexibility index (Phi) is 4.17. The lowest BCUT2D eigenvalue weighted by Crippen LogP contribution is -2.32. The SMILES string of the molecule is Cc1cccnc1C(=O)NCC(=O)C(C)C. The smallest absolute Gasteiger partial charge is 0.270 e. The van der Waals surface area contributed by atoms with Gasteiger partial charge < -0.3 is 5.32 Å². The standard InChI is InChI=1S/C12H16N2O2/c1-8(2)10(15)7-14-12(16)11-9(3)5-4-6-13-11/h4-6,8H,7H2,1-3H3,(H,14,16). The van der Waals surface area contributed by atoms with Gasteiger partial charge in [0.1, 0.15) is 5.69 Å². The van der Waals surface area contributed by atoms with Crippen molar-refractivity contribution in [3.63, 3.8) is 0 Å². The van der Waals surface area contributed by atoms with Gasteiger partial charge in [-0.25, -0.2) is 0 Å². The summed E-state index contributed by atoms with van der Waals surface area (Å²) in [5.41, 5.74) is 1.18. The number of pyridine rings is 1. The van der Waals surface area contributed by atoms with Crippen LogP contribution in [0.15, 0.2) is 18.3 Å². The van der Waals surface area contributed by atoms with Gasteiger partial charge in [0.25, 0.3) is 5.91 Å². The fourth-order valence-electron chi connectivity index (χ4n) is 1.18. The second kappa shape index (κ2) is 5.39. The lowest BCUT2D eigenvalue weighted by molar-refractivity contribution is -0.120. The number of aromatic nitrogens is 1. The number of nitrogens with zero attached hydrogens (tertiary/aromatic N) is 1. The summed E-state index contributed by atoms with van der Waals surface area (Å²) >= 11 is 0. The Balaban J connectivity index is 2.60. The van der Waals surface area contributed by atoms with Crippen molar-refractivity contribution in [1.29, 1.82) is 0 Å². The highest BCUT2D eigenvalue weighted by Crippen LogP contribution is 2.02. The molecule has 0 fully saturated rings. The molecule has 0 saturated carbocycles. The summed E-state index contributed by atoms with van der Waals surface area (Å²) in [4.78, 5) is 27.0. The summed E-state index contributed by atoms with van der Waals surface area (Å²) in [6.45, 7) is 5.49. The van der Waals surface area contributed by atoms with Gasteiger partial charge in [-0.1, -0.05) is 19.9 Å². The molecule has 0 atom stereocenters. The van der Waals surface area contributed by atoms with Crippen LogP contribution in [0.5, 0.6) is 0 Å². The molecule has 1 aromatic heterocycles. The first-order valence-electron chi connectivity index (χ1n) is 5.25. The number of hydrogen-bond donors (Lipinski definition) is 1. The van der Waals surface area contributed by atoms with Crippen molar-refractivity contribution in [3.8, 4) is 0 Å². The van der Waals surface area contributed by atoms with E-state index in [1.807, 2.05) is 13.0 Å². The second-order valence-electron chi connectivity index (χ2n) is 3.97. The van der Waals surface area contributed by atoms with Crippen molar-refractivity contribution in [3.05, 3.63) is 29.6 Å². The molecule has 0 spiro atoms. The van der Waals surface area contributed by atoms with Crippen LogP contribution in [-0.4, -0.2) is 23.2 Å². The molecule has 0 radical (unpaired) electrons. The molecule has 1 aromatic rings. The monoisotopic (exact) mass is 220 g/mol. The molecule has 0 aliphatic heterocycles. The molecule has 86 valence electrons. The zero-order chi connectivity index (χ0) is 12.1. The molecular formula is C12H16N2O2. The molecule has 0 aliphatic carbocycles. The van der Waals surface area contributed by atoms with Gasteiger partial charge in [-0.2, -0.15) is 0 Å². The topological polar surface area (TPSA) is 59.1 Å². The molecule has 1 N–H and O–H groups in total. The fourth-order valence-corrected chi connectivity index (χ4v) is 1.18. The van der Waals surface area contributed by atoms with Crippen LogP contribution in [0.3, 0.4) is 0 Å². The minimum Gasteiger partial charge on any atom is -0.344 e. The Morgan fingerprint density at radius 3 is 2.69 bits per heavy atom. The molecule has 1 heterocycles. The summed E-state index contributed by atoms with van der Waals surface area (Å²) in [5.74, 6) is -0.348. The maximum absolute atomic E-state index is 11.7. The maximum atomic E-state index is 11.7. The number of amides is 1. The van der Waals surface area contributed by atoms with Crippen LogP contribution < -0.4 is 5.32 Å². The van der Waals surface area contributed by atoms with E-state index in [-0.39, 0.29) is 24.2 Å². The number of carbonyl (C=O) groups is 2. The lowest BCUT2D eigenvalue weighted by atomic mass is 10.1. The Morgan fingerprint density at radius 1 is 1.44 bits per heavy atom. The summed E-state index contributed by atoms with van der Waals surface area (Å²) in [7, 11) is 0. The minimum atomic E-state index is -0.299. The summed E-state index contributed by atoms with van der Waals surface area (Å²) < 4.78 is 0. The van der Waals surface area contributed by atoms with Crippen LogP contribution in [0.1, 0.15) is 29.9 Å².